The van der Waals surface area contributed by atoms with Gasteiger partial charge in [0, 0.05) is 12.2 Å². The number of carboxylic acids is 2. The van der Waals surface area contributed by atoms with Crippen LogP contribution in [0.15, 0.2) is 18.2 Å². The molecule has 18 heavy (non-hydrogen) atoms. The maximum absolute atomic E-state index is 10.9. The van der Waals surface area contributed by atoms with E-state index in [4.69, 9.17) is 21.8 Å². The molecule has 1 aromatic rings. The molecule has 0 bridgehead atoms. The molecule has 1 aromatic carbocycles. The quantitative estimate of drug-likeness (QED) is 0.578. The molecule has 0 aliphatic rings. The van der Waals surface area contributed by atoms with E-state index in [-0.39, 0.29) is 23.6 Å². The first-order valence-electron chi connectivity index (χ1n) is 5.04. The minimum atomic E-state index is -1.33. The van der Waals surface area contributed by atoms with Crippen molar-refractivity contribution < 1.29 is 24.9 Å². The van der Waals surface area contributed by atoms with Crippen molar-refractivity contribution in [1.82, 2.24) is 0 Å². The number of aliphatic hydroxyl groups is 1. The molecule has 0 aromatic heterocycles. The summed E-state index contributed by atoms with van der Waals surface area (Å²) in [5.41, 5.74) is -0.194. The van der Waals surface area contributed by atoms with Crippen LogP contribution in [-0.2, 0) is 0 Å². The van der Waals surface area contributed by atoms with Gasteiger partial charge in [0.1, 0.15) is 0 Å². The molecule has 6 nitrogen and oxygen atoms in total. The van der Waals surface area contributed by atoms with Crippen molar-refractivity contribution >= 4 is 29.2 Å². The predicted molar refractivity (Wildman–Crippen MR) is 65.6 cm³/mol. The molecule has 1 atom stereocenters. The van der Waals surface area contributed by atoms with Gasteiger partial charge in [-0.05, 0) is 18.2 Å². The number of benzene rings is 1. The lowest BCUT2D eigenvalue weighted by atomic mass is 10.1. The van der Waals surface area contributed by atoms with Crippen molar-refractivity contribution in [3.05, 3.63) is 29.3 Å². The van der Waals surface area contributed by atoms with Gasteiger partial charge in [0.05, 0.1) is 23.1 Å². The summed E-state index contributed by atoms with van der Waals surface area (Å²) in [6.45, 7) is 0.148. The smallest absolute Gasteiger partial charge is 0.336 e. The van der Waals surface area contributed by atoms with Crippen LogP contribution in [0.4, 0.5) is 5.69 Å². The third-order valence-electron chi connectivity index (χ3n) is 2.20. The van der Waals surface area contributed by atoms with E-state index in [2.05, 4.69) is 5.32 Å². The third kappa shape index (κ3) is 3.61. The molecule has 1 unspecified atom stereocenters. The van der Waals surface area contributed by atoms with Gasteiger partial charge < -0.3 is 20.6 Å². The Balaban J connectivity index is 2.93. The molecule has 0 radical (unpaired) electrons. The number of carboxylic acid groups (broad SMARTS) is 2. The number of alkyl halides is 1. The molecule has 0 saturated heterocycles. The number of aromatic carboxylic acids is 2. The normalized spacial score (nSPS) is 11.9. The summed E-state index contributed by atoms with van der Waals surface area (Å²) in [7, 11) is 0. The third-order valence-corrected chi connectivity index (χ3v) is 2.56. The van der Waals surface area contributed by atoms with Crippen LogP contribution in [0.25, 0.3) is 0 Å². The number of nitrogens with one attached hydrogen (secondary N) is 1. The van der Waals surface area contributed by atoms with E-state index in [1.807, 2.05) is 0 Å². The number of halogens is 1. The second-order valence-electron chi connectivity index (χ2n) is 3.56. The van der Waals surface area contributed by atoms with E-state index < -0.39 is 18.0 Å². The summed E-state index contributed by atoms with van der Waals surface area (Å²) < 4.78 is 0. The number of hydrogen-bond donors (Lipinski definition) is 4. The molecule has 98 valence electrons. The topological polar surface area (TPSA) is 107 Å². The molecule has 0 heterocycles. The zero-order valence-corrected chi connectivity index (χ0v) is 10.0. The summed E-state index contributed by atoms with van der Waals surface area (Å²) >= 11 is 5.40. The summed E-state index contributed by atoms with van der Waals surface area (Å²) in [5, 5.41) is 29.7. The van der Waals surface area contributed by atoms with Gasteiger partial charge in [0.25, 0.3) is 0 Å². The number of anilines is 1. The van der Waals surface area contributed by atoms with Crippen LogP contribution in [-0.4, -0.2) is 45.8 Å². The van der Waals surface area contributed by atoms with Crippen molar-refractivity contribution in [2.45, 2.75) is 6.10 Å². The Labute approximate surface area is 108 Å². The van der Waals surface area contributed by atoms with Crippen molar-refractivity contribution in [3.63, 3.8) is 0 Å². The molecule has 4 N–H and O–H groups in total. The van der Waals surface area contributed by atoms with Gasteiger partial charge in [0.2, 0.25) is 0 Å². The lowest BCUT2D eigenvalue weighted by Gasteiger charge is -2.11. The molecule has 1 rings (SSSR count). The van der Waals surface area contributed by atoms with Gasteiger partial charge in [-0.3, -0.25) is 0 Å². The lowest BCUT2D eigenvalue weighted by Crippen LogP contribution is -2.21. The van der Waals surface area contributed by atoms with Crippen molar-refractivity contribution in [2.75, 3.05) is 17.7 Å². The molecular formula is C11H12ClNO5. The molecule has 0 saturated carbocycles. The van der Waals surface area contributed by atoms with Crippen LogP contribution in [0, 0.1) is 0 Å². The standard InChI is InChI=1S/C11H12ClNO5/c12-4-7(14)5-13-6-1-2-8(10(15)16)9(3-6)11(17)18/h1-3,7,13-14H,4-5H2,(H,15,16)(H,17,18). The number of rotatable bonds is 6. The lowest BCUT2D eigenvalue weighted by molar-refractivity contribution is 0.0651. The summed E-state index contributed by atoms with van der Waals surface area (Å²) in [4.78, 5) is 21.7. The van der Waals surface area contributed by atoms with Crippen LogP contribution < -0.4 is 5.32 Å². The summed E-state index contributed by atoms with van der Waals surface area (Å²) in [5.74, 6) is -2.58. The Kier molecular flexibility index (Phi) is 4.94. The molecule has 0 aliphatic carbocycles. The Morgan fingerprint density at radius 1 is 1.22 bits per heavy atom. The number of hydrogen-bond acceptors (Lipinski definition) is 4. The van der Waals surface area contributed by atoms with Gasteiger partial charge >= 0.3 is 11.9 Å². The van der Waals surface area contributed by atoms with Crippen LogP contribution in [0.3, 0.4) is 0 Å². The molecule has 0 aliphatic heterocycles. The van der Waals surface area contributed by atoms with Gasteiger partial charge in [-0.1, -0.05) is 0 Å². The molecular weight excluding hydrogens is 262 g/mol. The molecule has 7 heteroatoms. The van der Waals surface area contributed by atoms with Gasteiger partial charge in [-0.15, -0.1) is 11.6 Å². The number of aliphatic hydroxyl groups excluding tert-OH is 1. The fraction of sp³-hybridized carbons (Fsp3) is 0.273. The monoisotopic (exact) mass is 273 g/mol. The van der Waals surface area contributed by atoms with Crippen molar-refractivity contribution in [3.8, 4) is 0 Å². The molecule has 0 fully saturated rings. The van der Waals surface area contributed by atoms with Gasteiger partial charge in [-0.2, -0.15) is 0 Å². The second kappa shape index (κ2) is 6.23. The van der Waals surface area contributed by atoms with Crippen LogP contribution in [0.5, 0.6) is 0 Å². The highest BCUT2D eigenvalue weighted by Gasteiger charge is 2.16. The zero-order valence-electron chi connectivity index (χ0n) is 9.26. The SMILES string of the molecule is O=C(O)c1ccc(NCC(O)CCl)cc1C(=O)O. The maximum atomic E-state index is 10.9. The maximum Gasteiger partial charge on any atom is 0.336 e. The van der Waals surface area contributed by atoms with Crippen LogP contribution in [0.1, 0.15) is 20.7 Å². The van der Waals surface area contributed by atoms with E-state index in [9.17, 15) is 14.7 Å². The van der Waals surface area contributed by atoms with Crippen LogP contribution in [0.2, 0.25) is 0 Å². The fourth-order valence-corrected chi connectivity index (χ4v) is 1.42. The van der Waals surface area contributed by atoms with Crippen molar-refractivity contribution in [1.29, 1.82) is 0 Å². The predicted octanol–water partition coefficient (Wildman–Crippen LogP) is 1.09. The molecule has 0 spiro atoms. The first-order valence-corrected chi connectivity index (χ1v) is 5.57. The highest BCUT2D eigenvalue weighted by molar-refractivity contribution is 6.18. The first kappa shape index (κ1) is 14.3. The highest BCUT2D eigenvalue weighted by atomic mass is 35.5. The Bertz CT molecular complexity index is 463. The fourth-order valence-electron chi connectivity index (χ4n) is 1.31. The van der Waals surface area contributed by atoms with E-state index in [0.29, 0.717) is 5.69 Å². The minimum absolute atomic E-state index is 0.0476. The number of carbonyl (C=O) groups is 2. The van der Waals surface area contributed by atoms with E-state index in [0.717, 1.165) is 0 Å². The minimum Gasteiger partial charge on any atom is -0.478 e. The zero-order chi connectivity index (χ0) is 13.7. The Morgan fingerprint density at radius 2 is 1.83 bits per heavy atom. The summed E-state index contributed by atoms with van der Waals surface area (Å²) in [6, 6.07) is 3.82. The van der Waals surface area contributed by atoms with Crippen molar-refractivity contribution in [2.24, 2.45) is 0 Å². The van der Waals surface area contributed by atoms with E-state index in [1.54, 1.807) is 0 Å². The van der Waals surface area contributed by atoms with E-state index in [1.165, 1.54) is 18.2 Å². The average molecular weight is 274 g/mol. The summed E-state index contributed by atoms with van der Waals surface area (Å²) in [6.07, 6.45) is -0.765. The first-order chi connectivity index (χ1) is 8.45. The van der Waals surface area contributed by atoms with Gasteiger partial charge in [0.15, 0.2) is 0 Å². The average Bonchev–Trinajstić information content (AvgIpc) is 2.35. The Hall–Kier alpha value is -1.79. The Morgan fingerprint density at radius 3 is 2.33 bits per heavy atom. The molecule has 0 amide bonds. The highest BCUT2D eigenvalue weighted by Crippen LogP contribution is 2.16. The largest absolute Gasteiger partial charge is 0.478 e. The van der Waals surface area contributed by atoms with Gasteiger partial charge in [-0.25, -0.2) is 9.59 Å². The van der Waals surface area contributed by atoms with Crippen LogP contribution >= 0.6 is 11.6 Å². The van der Waals surface area contributed by atoms with E-state index >= 15 is 0 Å². The second-order valence-corrected chi connectivity index (χ2v) is 3.87.